The van der Waals surface area contributed by atoms with Crippen LogP contribution in [0.15, 0.2) is 30.3 Å². The highest BCUT2D eigenvalue weighted by atomic mass is 19.2. The maximum Gasteiger partial charge on any atom is 0.254 e. The van der Waals surface area contributed by atoms with Crippen molar-refractivity contribution >= 4 is 5.91 Å². The van der Waals surface area contributed by atoms with Gasteiger partial charge in [-0.3, -0.25) is 4.79 Å². The first-order valence-corrected chi connectivity index (χ1v) is 10.5. The van der Waals surface area contributed by atoms with E-state index in [-0.39, 0.29) is 17.8 Å². The topological polar surface area (TPSA) is 32.3 Å². The molecule has 2 aromatic carbocycles. The van der Waals surface area contributed by atoms with Gasteiger partial charge in [-0.25, -0.2) is 17.6 Å². The molecule has 0 spiro atoms. The van der Waals surface area contributed by atoms with Crippen LogP contribution in [0.1, 0.15) is 53.2 Å². The fourth-order valence-electron chi connectivity index (χ4n) is 4.62. The molecule has 7 heteroatoms. The van der Waals surface area contributed by atoms with E-state index in [1.54, 1.807) is 12.1 Å². The van der Waals surface area contributed by atoms with Gasteiger partial charge in [0, 0.05) is 18.2 Å². The van der Waals surface area contributed by atoms with Gasteiger partial charge in [-0.05, 0) is 82.3 Å². The van der Waals surface area contributed by atoms with Crippen molar-refractivity contribution in [2.24, 2.45) is 11.8 Å². The minimum atomic E-state index is -1.28. The van der Waals surface area contributed by atoms with E-state index in [4.69, 9.17) is 0 Å². The average molecular weight is 436 g/mol. The lowest BCUT2D eigenvalue weighted by Crippen LogP contribution is -2.35. The van der Waals surface area contributed by atoms with Gasteiger partial charge in [0.05, 0.1) is 5.56 Å². The molecule has 2 aromatic rings. The SMILES string of the molecule is Cc1c(F)c(F)cc(C(=O)NCC2CCC(C(c3cccc(F)c3)N(C)C)CC2)c1F. The van der Waals surface area contributed by atoms with E-state index in [0.717, 1.165) is 38.2 Å². The van der Waals surface area contributed by atoms with Crippen LogP contribution in [0.25, 0.3) is 0 Å². The van der Waals surface area contributed by atoms with Crippen molar-refractivity contribution in [2.75, 3.05) is 20.6 Å². The van der Waals surface area contributed by atoms with Crippen LogP contribution in [0.5, 0.6) is 0 Å². The van der Waals surface area contributed by atoms with E-state index in [1.807, 2.05) is 20.2 Å². The number of nitrogens with zero attached hydrogens (tertiary/aromatic N) is 1. The molecule has 1 saturated carbocycles. The minimum Gasteiger partial charge on any atom is -0.352 e. The number of hydrogen-bond donors (Lipinski definition) is 1. The molecule has 1 fully saturated rings. The molecule has 1 N–H and O–H groups in total. The van der Waals surface area contributed by atoms with Gasteiger partial charge in [0.25, 0.3) is 5.91 Å². The second kappa shape index (κ2) is 9.81. The summed E-state index contributed by atoms with van der Waals surface area (Å²) in [6.45, 7) is 1.45. The van der Waals surface area contributed by atoms with E-state index < -0.39 is 34.5 Å². The van der Waals surface area contributed by atoms with Crippen LogP contribution in [0.3, 0.4) is 0 Å². The van der Waals surface area contributed by atoms with Crippen LogP contribution < -0.4 is 5.32 Å². The lowest BCUT2D eigenvalue weighted by molar-refractivity contribution is 0.0929. The predicted octanol–water partition coefficient (Wildman–Crippen LogP) is 5.39. The lowest BCUT2D eigenvalue weighted by atomic mass is 9.76. The Hall–Kier alpha value is -2.41. The third-order valence-electron chi connectivity index (χ3n) is 6.26. The predicted molar refractivity (Wildman–Crippen MR) is 112 cm³/mol. The van der Waals surface area contributed by atoms with Crippen molar-refractivity contribution < 1.29 is 22.4 Å². The summed E-state index contributed by atoms with van der Waals surface area (Å²) in [5.41, 5.74) is -0.0347. The zero-order valence-electron chi connectivity index (χ0n) is 18.0. The quantitative estimate of drug-likeness (QED) is 0.486. The van der Waals surface area contributed by atoms with Crippen molar-refractivity contribution in [2.45, 2.75) is 38.6 Å². The number of halogens is 4. The van der Waals surface area contributed by atoms with Gasteiger partial charge >= 0.3 is 0 Å². The molecule has 1 amide bonds. The highest BCUT2D eigenvalue weighted by Crippen LogP contribution is 2.39. The molecule has 3 rings (SSSR count). The highest BCUT2D eigenvalue weighted by Gasteiger charge is 2.30. The minimum absolute atomic E-state index is 0.102. The van der Waals surface area contributed by atoms with Crippen LogP contribution >= 0.6 is 0 Å². The van der Waals surface area contributed by atoms with Gasteiger partial charge in [0.15, 0.2) is 11.6 Å². The van der Waals surface area contributed by atoms with Crippen LogP contribution in [0, 0.1) is 42.0 Å². The molecule has 1 atom stereocenters. The molecular formula is C24H28F4N2O. The summed E-state index contributed by atoms with van der Waals surface area (Å²) in [6.07, 6.45) is 3.56. The summed E-state index contributed by atoms with van der Waals surface area (Å²) in [5, 5.41) is 2.66. The van der Waals surface area contributed by atoms with E-state index in [9.17, 15) is 22.4 Å². The Morgan fingerprint density at radius 3 is 2.35 bits per heavy atom. The van der Waals surface area contributed by atoms with E-state index in [2.05, 4.69) is 10.2 Å². The number of rotatable bonds is 6. The standard InChI is InChI=1S/C24H28F4N2O/c1-14-21(27)19(12-20(26)22(14)28)24(31)29-13-15-7-9-16(10-8-15)23(30(2)3)17-5-4-6-18(25)11-17/h4-6,11-12,15-16,23H,7-10,13H2,1-3H3,(H,29,31). The first kappa shape index (κ1) is 23.3. The molecule has 0 aromatic heterocycles. The number of carbonyl (C=O) groups is 1. The Kier molecular flexibility index (Phi) is 7.36. The van der Waals surface area contributed by atoms with Gasteiger partial charge < -0.3 is 10.2 Å². The lowest BCUT2D eigenvalue weighted by Gasteiger charge is -2.37. The number of nitrogens with one attached hydrogen (secondary N) is 1. The molecular weight excluding hydrogens is 408 g/mol. The maximum atomic E-state index is 14.2. The summed E-state index contributed by atoms with van der Waals surface area (Å²) < 4.78 is 54.9. The number of amides is 1. The van der Waals surface area contributed by atoms with Crippen molar-refractivity contribution in [1.29, 1.82) is 0 Å². The second-order valence-corrected chi connectivity index (χ2v) is 8.61. The molecule has 0 radical (unpaired) electrons. The fraction of sp³-hybridized carbons (Fsp3) is 0.458. The second-order valence-electron chi connectivity index (χ2n) is 8.61. The fourth-order valence-corrected chi connectivity index (χ4v) is 4.62. The average Bonchev–Trinajstić information content (AvgIpc) is 2.74. The first-order valence-electron chi connectivity index (χ1n) is 10.5. The Bertz CT molecular complexity index is 939. The molecule has 0 heterocycles. The van der Waals surface area contributed by atoms with Gasteiger partial charge in [-0.15, -0.1) is 0 Å². The van der Waals surface area contributed by atoms with Gasteiger partial charge in [-0.1, -0.05) is 12.1 Å². The Balaban J connectivity index is 1.58. The molecule has 31 heavy (non-hydrogen) atoms. The van der Waals surface area contributed by atoms with Crippen molar-refractivity contribution in [3.63, 3.8) is 0 Å². The Labute approximate surface area is 180 Å². The van der Waals surface area contributed by atoms with E-state index in [1.165, 1.54) is 6.07 Å². The molecule has 3 nitrogen and oxygen atoms in total. The molecule has 168 valence electrons. The molecule has 0 saturated heterocycles. The highest BCUT2D eigenvalue weighted by molar-refractivity contribution is 5.94. The smallest absolute Gasteiger partial charge is 0.254 e. The third-order valence-corrected chi connectivity index (χ3v) is 6.26. The molecule has 1 unspecified atom stereocenters. The summed E-state index contributed by atoms with van der Waals surface area (Å²) in [4.78, 5) is 14.4. The molecule has 1 aliphatic rings. The summed E-state index contributed by atoms with van der Waals surface area (Å²) in [7, 11) is 3.97. The Morgan fingerprint density at radius 2 is 1.74 bits per heavy atom. The van der Waals surface area contributed by atoms with Crippen molar-refractivity contribution in [3.05, 3.63) is 70.3 Å². The molecule has 0 bridgehead atoms. The zero-order valence-corrected chi connectivity index (χ0v) is 18.0. The summed E-state index contributed by atoms with van der Waals surface area (Å²) in [6, 6.07) is 7.39. The van der Waals surface area contributed by atoms with Crippen molar-refractivity contribution in [3.8, 4) is 0 Å². The van der Waals surface area contributed by atoms with E-state index in [0.29, 0.717) is 18.5 Å². The van der Waals surface area contributed by atoms with E-state index >= 15 is 0 Å². The Morgan fingerprint density at radius 1 is 1.06 bits per heavy atom. The normalized spacial score (nSPS) is 20.0. The van der Waals surface area contributed by atoms with Crippen LogP contribution in [0.4, 0.5) is 17.6 Å². The van der Waals surface area contributed by atoms with Crippen LogP contribution in [-0.4, -0.2) is 31.4 Å². The zero-order chi connectivity index (χ0) is 22.7. The maximum absolute atomic E-state index is 14.2. The third kappa shape index (κ3) is 5.26. The largest absolute Gasteiger partial charge is 0.352 e. The summed E-state index contributed by atoms with van der Waals surface area (Å²) in [5.74, 6) is -3.98. The van der Waals surface area contributed by atoms with Crippen LogP contribution in [0.2, 0.25) is 0 Å². The number of benzene rings is 2. The van der Waals surface area contributed by atoms with Crippen molar-refractivity contribution in [1.82, 2.24) is 10.2 Å². The van der Waals surface area contributed by atoms with Crippen LogP contribution in [-0.2, 0) is 0 Å². The number of carbonyl (C=O) groups excluding carboxylic acids is 1. The monoisotopic (exact) mass is 436 g/mol. The molecule has 0 aliphatic heterocycles. The van der Waals surface area contributed by atoms with Gasteiger partial charge in [-0.2, -0.15) is 0 Å². The first-order chi connectivity index (χ1) is 14.7. The molecule has 1 aliphatic carbocycles. The summed E-state index contributed by atoms with van der Waals surface area (Å²) >= 11 is 0. The van der Waals surface area contributed by atoms with Gasteiger partial charge in [0.1, 0.15) is 11.6 Å². The van der Waals surface area contributed by atoms with Gasteiger partial charge in [0.2, 0.25) is 0 Å². The number of hydrogen-bond acceptors (Lipinski definition) is 2.